The van der Waals surface area contributed by atoms with Gasteiger partial charge in [0.05, 0.1) is 12.5 Å². The number of hydrogen-bond donors (Lipinski definition) is 1. The molecule has 0 bridgehead atoms. The third kappa shape index (κ3) is 0.917. The Morgan fingerprint density at radius 1 is 1.27 bits per heavy atom. The molecule has 2 nitrogen and oxygen atoms in total. The Labute approximate surface area is 64.8 Å². The predicted octanol–water partition coefficient (Wildman–Crippen LogP) is 1.27. The molecule has 11 heavy (non-hydrogen) atoms. The van der Waals surface area contributed by atoms with E-state index < -0.39 is 5.60 Å². The summed E-state index contributed by atoms with van der Waals surface area (Å²) in [5, 5.41) is 9.82. The Hall–Kier alpha value is -1.28. The van der Waals surface area contributed by atoms with E-state index in [-0.39, 0.29) is 0 Å². The van der Waals surface area contributed by atoms with Crippen molar-refractivity contribution in [2.45, 2.75) is 5.60 Å². The first-order valence-electron chi connectivity index (χ1n) is 3.43. The first-order valence-corrected chi connectivity index (χ1v) is 3.43. The molecule has 0 spiro atoms. The molecule has 0 amide bonds. The molecule has 0 radical (unpaired) electrons. The molecule has 1 aliphatic carbocycles. The second kappa shape index (κ2) is 2.10. The summed E-state index contributed by atoms with van der Waals surface area (Å²) < 4.78 is 4.92. The van der Waals surface area contributed by atoms with Gasteiger partial charge in [0.15, 0.2) is 0 Å². The van der Waals surface area contributed by atoms with Crippen LogP contribution in [0.15, 0.2) is 48.5 Å². The fourth-order valence-electron chi connectivity index (χ4n) is 1.13. The third-order valence-electron chi connectivity index (χ3n) is 1.80. The lowest BCUT2D eigenvalue weighted by atomic mass is 9.90. The van der Waals surface area contributed by atoms with Gasteiger partial charge in [-0.2, -0.15) is 0 Å². The molecule has 2 aliphatic rings. The largest absolute Gasteiger partial charge is 0.472 e. The van der Waals surface area contributed by atoms with Gasteiger partial charge in [0.2, 0.25) is 0 Å². The lowest BCUT2D eigenvalue weighted by molar-refractivity contribution is 0.167. The summed E-state index contributed by atoms with van der Waals surface area (Å²) in [6.07, 6.45) is 11.9. The zero-order chi connectivity index (χ0) is 7.73. The number of hydrogen-bond acceptors (Lipinski definition) is 2. The lowest BCUT2D eigenvalue weighted by Crippen LogP contribution is -2.27. The highest BCUT2D eigenvalue weighted by Crippen LogP contribution is 2.27. The topological polar surface area (TPSA) is 29.5 Å². The van der Waals surface area contributed by atoms with Crippen LogP contribution in [0.5, 0.6) is 0 Å². The minimum Gasteiger partial charge on any atom is -0.472 e. The van der Waals surface area contributed by atoms with Gasteiger partial charge in [-0.1, -0.05) is 18.2 Å². The molecule has 1 atom stereocenters. The average Bonchev–Trinajstić information content (AvgIpc) is 2.03. The van der Waals surface area contributed by atoms with Gasteiger partial charge < -0.3 is 9.84 Å². The summed E-state index contributed by atoms with van der Waals surface area (Å²) in [7, 11) is 0. The van der Waals surface area contributed by atoms with E-state index in [9.17, 15) is 5.11 Å². The van der Waals surface area contributed by atoms with E-state index in [0.717, 1.165) is 5.57 Å². The molecule has 0 saturated carbocycles. The van der Waals surface area contributed by atoms with Crippen molar-refractivity contribution >= 4 is 0 Å². The average molecular weight is 148 g/mol. The van der Waals surface area contributed by atoms with Gasteiger partial charge in [-0.25, -0.2) is 0 Å². The molecule has 1 N–H and O–H groups in total. The molecule has 0 aromatic rings. The van der Waals surface area contributed by atoms with Gasteiger partial charge in [0, 0.05) is 5.57 Å². The van der Waals surface area contributed by atoms with Crippen molar-refractivity contribution in [1.82, 2.24) is 0 Å². The van der Waals surface area contributed by atoms with Gasteiger partial charge in [0.1, 0.15) is 5.60 Å². The normalized spacial score (nSPS) is 32.6. The highest BCUT2D eigenvalue weighted by Gasteiger charge is 2.27. The van der Waals surface area contributed by atoms with Crippen LogP contribution in [-0.2, 0) is 4.74 Å². The Kier molecular flexibility index (Phi) is 1.23. The minimum atomic E-state index is -0.938. The van der Waals surface area contributed by atoms with Crippen LogP contribution in [0.2, 0.25) is 0 Å². The molecule has 1 heterocycles. The zero-order valence-electron chi connectivity index (χ0n) is 5.90. The molecule has 56 valence electrons. The van der Waals surface area contributed by atoms with Crippen LogP contribution in [0.4, 0.5) is 0 Å². The van der Waals surface area contributed by atoms with E-state index in [1.165, 1.54) is 6.26 Å². The fraction of sp³-hybridized carbons (Fsp3) is 0.111. The van der Waals surface area contributed by atoms with Gasteiger partial charge >= 0.3 is 0 Å². The summed E-state index contributed by atoms with van der Waals surface area (Å²) >= 11 is 0. The van der Waals surface area contributed by atoms with Crippen LogP contribution in [0.1, 0.15) is 0 Å². The standard InChI is InChI=1S/C9H8O2/c10-9-4-2-1-3-8(9)7-11-6-5-9/h1-7,10H. The Balaban J connectivity index is 2.45. The van der Waals surface area contributed by atoms with Crippen LogP contribution in [0, 0.1) is 0 Å². The van der Waals surface area contributed by atoms with Crippen LogP contribution in [0.3, 0.4) is 0 Å². The van der Waals surface area contributed by atoms with Crippen molar-refractivity contribution in [3.8, 4) is 0 Å². The second-order valence-corrected chi connectivity index (χ2v) is 2.56. The first-order chi connectivity index (χ1) is 5.31. The number of allylic oxidation sites excluding steroid dienone is 2. The fourth-order valence-corrected chi connectivity index (χ4v) is 1.13. The molecule has 1 aliphatic heterocycles. The van der Waals surface area contributed by atoms with Crippen molar-refractivity contribution < 1.29 is 9.84 Å². The Morgan fingerprint density at radius 3 is 3.00 bits per heavy atom. The van der Waals surface area contributed by atoms with E-state index in [1.807, 2.05) is 18.2 Å². The van der Waals surface area contributed by atoms with Gasteiger partial charge in [-0.15, -0.1) is 0 Å². The summed E-state index contributed by atoms with van der Waals surface area (Å²) in [5.41, 5.74) is -0.171. The van der Waals surface area contributed by atoms with Crippen LogP contribution in [0.25, 0.3) is 0 Å². The van der Waals surface area contributed by atoms with Crippen molar-refractivity contribution in [3.05, 3.63) is 48.5 Å². The predicted molar refractivity (Wildman–Crippen MR) is 41.5 cm³/mol. The van der Waals surface area contributed by atoms with Crippen molar-refractivity contribution in [2.24, 2.45) is 0 Å². The van der Waals surface area contributed by atoms with Crippen molar-refractivity contribution in [2.75, 3.05) is 0 Å². The van der Waals surface area contributed by atoms with Gasteiger partial charge in [-0.05, 0) is 12.2 Å². The number of rotatable bonds is 0. The van der Waals surface area contributed by atoms with E-state index >= 15 is 0 Å². The first kappa shape index (κ1) is 6.43. The SMILES string of the molecule is OC12C=CC=CC1=COC=C2. The Bertz CT molecular complexity index is 284. The summed E-state index contributed by atoms with van der Waals surface area (Å²) in [5.74, 6) is 0. The van der Waals surface area contributed by atoms with E-state index in [0.29, 0.717) is 0 Å². The molecule has 1 unspecified atom stereocenters. The van der Waals surface area contributed by atoms with E-state index in [2.05, 4.69) is 0 Å². The second-order valence-electron chi connectivity index (χ2n) is 2.56. The molecular formula is C9H8O2. The van der Waals surface area contributed by atoms with Gasteiger partial charge in [0.25, 0.3) is 0 Å². The van der Waals surface area contributed by atoms with Crippen LogP contribution in [-0.4, -0.2) is 10.7 Å². The summed E-state index contributed by atoms with van der Waals surface area (Å²) in [4.78, 5) is 0. The van der Waals surface area contributed by atoms with E-state index in [1.54, 1.807) is 18.4 Å². The van der Waals surface area contributed by atoms with Crippen LogP contribution >= 0.6 is 0 Å². The summed E-state index contributed by atoms with van der Waals surface area (Å²) in [6, 6.07) is 0. The maximum Gasteiger partial charge on any atom is 0.133 e. The monoisotopic (exact) mass is 148 g/mol. The molecule has 0 aromatic heterocycles. The summed E-state index contributed by atoms with van der Waals surface area (Å²) in [6.45, 7) is 0. The number of aliphatic hydroxyl groups is 1. The molecular weight excluding hydrogens is 140 g/mol. The smallest absolute Gasteiger partial charge is 0.133 e. The Morgan fingerprint density at radius 2 is 2.18 bits per heavy atom. The molecule has 0 saturated heterocycles. The molecule has 0 fully saturated rings. The maximum absolute atomic E-state index is 9.82. The quantitative estimate of drug-likeness (QED) is 0.560. The van der Waals surface area contributed by atoms with Crippen LogP contribution < -0.4 is 0 Å². The molecule has 0 aromatic carbocycles. The van der Waals surface area contributed by atoms with Crippen molar-refractivity contribution in [3.63, 3.8) is 0 Å². The zero-order valence-corrected chi connectivity index (χ0v) is 5.90. The minimum absolute atomic E-state index is 0.766. The molecule has 2 rings (SSSR count). The molecule has 2 heteroatoms. The van der Waals surface area contributed by atoms with Gasteiger partial charge in [-0.3, -0.25) is 0 Å². The van der Waals surface area contributed by atoms with Crippen molar-refractivity contribution in [1.29, 1.82) is 0 Å². The number of ether oxygens (including phenoxy) is 1. The highest BCUT2D eigenvalue weighted by atomic mass is 16.5. The lowest BCUT2D eigenvalue weighted by Gasteiger charge is -2.25. The maximum atomic E-state index is 9.82. The number of fused-ring (bicyclic) bond motifs is 1. The third-order valence-corrected chi connectivity index (χ3v) is 1.80. The van der Waals surface area contributed by atoms with E-state index in [4.69, 9.17) is 4.74 Å². The highest BCUT2D eigenvalue weighted by molar-refractivity contribution is 5.45.